The maximum absolute atomic E-state index is 13.7. The molecule has 0 aromatic heterocycles. The number of phenolic OH excluding ortho intramolecular Hbond substituents is 2. The molecule has 2 aromatic carbocycles. The van der Waals surface area contributed by atoms with Gasteiger partial charge in [0.25, 0.3) is 0 Å². The summed E-state index contributed by atoms with van der Waals surface area (Å²) in [4.78, 5) is 41.7. The number of ketones is 2. The number of phenols is 2. The Labute approximate surface area is 178 Å². The minimum Gasteiger partial charge on any atom is -0.507 e. The molecule has 1 fully saturated rings. The van der Waals surface area contributed by atoms with Crippen LogP contribution >= 0.6 is 0 Å². The number of nitrogens with zero attached hydrogens (tertiary/aromatic N) is 1. The predicted octanol–water partition coefficient (Wildman–Crippen LogP) is 3.48. The Balaban J connectivity index is 1.87. The zero-order valence-corrected chi connectivity index (χ0v) is 17.3. The smallest absolute Gasteiger partial charge is 0.331 e. The van der Waals surface area contributed by atoms with Crippen molar-refractivity contribution in [2.24, 2.45) is 5.92 Å². The summed E-state index contributed by atoms with van der Waals surface area (Å²) in [5.41, 5.74) is 1.41. The van der Waals surface area contributed by atoms with Gasteiger partial charge in [0.2, 0.25) is 12.0 Å². The highest BCUT2D eigenvalue weighted by Crippen LogP contribution is 2.52. The van der Waals surface area contributed by atoms with Crippen LogP contribution in [0.25, 0.3) is 5.57 Å². The first-order valence-electron chi connectivity index (χ1n) is 10.2. The van der Waals surface area contributed by atoms with Crippen LogP contribution in [0.15, 0.2) is 36.0 Å². The maximum atomic E-state index is 13.7. The molecule has 2 heterocycles. The Morgan fingerprint density at radius 3 is 2.52 bits per heavy atom. The van der Waals surface area contributed by atoms with Gasteiger partial charge in [-0.1, -0.05) is 32.4 Å². The van der Waals surface area contributed by atoms with Crippen LogP contribution in [0, 0.1) is 12.8 Å². The van der Waals surface area contributed by atoms with E-state index in [9.17, 15) is 24.6 Å². The van der Waals surface area contributed by atoms with Crippen molar-refractivity contribution in [2.75, 3.05) is 0 Å². The lowest BCUT2D eigenvalue weighted by molar-refractivity contribution is -0.143. The number of benzene rings is 2. The van der Waals surface area contributed by atoms with Gasteiger partial charge in [0.1, 0.15) is 23.2 Å². The van der Waals surface area contributed by atoms with Gasteiger partial charge in [0, 0.05) is 16.7 Å². The maximum Gasteiger partial charge on any atom is 0.331 e. The second-order valence-corrected chi connectivity index (χ2v) is 8.36. The van der Waals surface area contributed by atoms with Crippen molar-refractivity contribution < 1.29 is 29.3 Å². The molecule has 158 valence electrons. The second-order valence-electron chi connectivity index (χ2n) is 8.36. The number of allylic oxidation sites excluding steroid dienone is 2. The number of hydrogen-bond donors (Lipinski definition) is 2. The van der Waals surface area contributed by atoms with Crippen LogP contribution in [-0.2, 0) is 9.53 Å². The van der Waals surface area contributed by atoms with Crippen molar-refractivity contribution in [3.8, 4) is 11.5 Å². The summed E-state index contributed by atoms with van der Waals surface area (Å²) < 4.78 is 5.70. The first-order chi connectivity index (χ1) is 14.8. The molecule has 3 atom stereocenters. The third-order valence-corrected chi connectivity index (χ3v) is 6.46. The van der Waals surface area contributed by atoms with E-state index < -0.39 is 29.8 Å². The highest BCUT2D eigenvalue weighted by atomic mass is 16.6. The number of aryl methyl sites for hydroxylation is 1. The number of Topliss-reactive ketones (excluding diaryl/α,β-unsaturated/α-hetero) is 2. The van der Waals surface area contributed by atoms with E-state index >= 15 is 0 Å². The molecule has 1 aliphatic carbocycles. The van der Waals surface area contributed by atoms with Crippen LogP contribution in [0.4, 0.5) is 0 Å². The SMILES string of the molecule is CCC(C)[C@H]1C(=O)OC2c3cc(C)cc(O)c3C3=C(C(=O)c4c(O)cccc4C3=O)N21. The quantitative estimate of drug-likeness (QED) is 0.718. The Morgan fingerprint density at radius 2 is 1.81 bits per heavy atom. The van der Waals surface area contributed by atoms with Gasteiger partial charge in [-0.05, 0) is 36.6 Å². The topological polar surface area (TPSA) is 104 Å². The summed E-state index contributed by atoms with van der Waals surface area (Å²) in [6.45, 7) is 5.61. The highest BCUT2D eigenvalue weighted by molar-refractivity contribution is 6.41. The van der Waals surface area contributed by atoms with E-state index in [0.29, 0.717) is 12.0 Å². The average molecular weight is 419 g/mol. The van der Waals surface area contributed by atoms with Crippen molar-refractivity contribution in [3.63, 3.8) is 0 Å². The summed E-state index contributed by atoms with van der Waals surface area (Å²) in [7, 11) is 0. The van der Waals surface area contributed by atoms with Gasteiger partial charge in [-0.2, -0.15) is 0 Å². The average Bonchev–Trinajstić information content (AvgIpc) is 3.07. The fourth-order valence-electron chi connectivity index (χ4n) is 4.88. The largest absolute Gasteiger partial charge is 0.507 e. The summed E-state index contributed by atoms with van der Waals surface area (Å²) >= 11 is 0. The second kappa shape index (κ2) is 6.44. The van der Waals surface area contributed by atoms with E-state index in [2.05, 4.69) is 0 Å². The normalized spacial score (nSPS) is 22.5. The third-order valence-electron chi connectivity index (χ3n) is 6.46. The van der Waals surface area contributed by atoms with Gasteiger partial charge in [-0.15, -0.1) is 0 Å². The number of aromatic hydroxyl groups is 2. The number of carbonyl (C=O) groups excluding carboxylic acids is 3. The van der Waals surface area contributed by atoms with Crippen molar-refractivity contribution in [1.29, 1.82) is 0 Å². The molecule has 2 aliphatic heterocycles. The molecule has 0 amide bonds. The van der Waals surface area contributed by atoms with Gasteiger partial charge in [-0.3, -0.25) is 9.59 Å². The number of esters is 1. The molecule has 0 radical (unpaired) electrons. The van der Waals surface area contributed by atoms with Crippen LogP contribution in [0.1, 0.15) is 63.9 Å². The minimum atomic E-state index is -0.935. The van der Waals surface area contributed by atoms with Crippen molar-refractivity contribution in [1.82, 2.24) is 4.90 Å². The fraction of sp³-hybridized carbons (Fsp3) is 0.292. The Bertz CT molecular complexity index is 1230. The van der Waals surface area contributed by atoms with E-state index in [1.54, 1.807) is 17.9 Å². The molecule has 7 nitrogen and oxygen atoms in total. The van der Waals surface area contributed by atoms with Crippen LogP contribution < -0.4 is 0 Å². The first kappa shape index (κ1) is 19.4. The van der Waals surface area contributed by atoms with Crippen LogP contribution in [0.5, 0.6) is 11.5 Å². The lowest BCUT2D eigenvalue weighted by Crippen LogP contribution is -2.45. The molecule has 3 aliphatic rings. The predicted molar refractivity (Wildman–Crippen MR) is 110 cm³/mol. The molecule has 0 bridgehead atoms. The van der Waals surface area contributed by atoms with Crippen LogP contribution in [0.3, 0.4) is 0 Å². The van der Waals surface area contributed by atoms with Gasteiger partial charge < -0.3 is 19.8 Å². The lowest BCUT2D eigenvalue weighted by Gasteiger charge is -2.39. The lowest BCUT2D eigenvalue weighted by atomic mass is 9.77. The summed E-state index contributed by atoms with van der Waals surface area (Å²) in [5, 5.41) is 21.2. The Hall–Kier alpha value is -3.61. The van der Waals surface area contributed by atoms with Crippen LogP contribution in [0.2, 0.25) is 0 Å². The van der Waals surface area contributed by atoms with Gasteiger partial charge in [0.05, 0.1) is 11.1 Å². The first-order valence-corrected chi connectivity index (χ1v) is 10.2. The van der Waals surface area contributed by atoms with Gasteiger partial charge in [0.15, 0.2) is 5.78 Å². The van der Waals surface area contributed by atoms with Gasteiger partial charge >= 0.3 is 5.97 Å². The summed E-state index contributed by atoms with van der Waals surface area (Å²) in [5.74, 6) is -2.14. The standard InChI is InChI=1S/C24H21NO6/c1-4-11(3)19-24(30)31-23-13-8-10(2)9-15(27)16(13)18-20(25(19)23)22(29)17-12(21(18)28)6-5-7-14(17)26/h5-9,11,19,23,26-27H,4H2,1-3H3/t11?,19-,23?/m0/s1. The van der Waals surface area contributed by atoms with Gasteiger partial charge in [-0.25, -0.2) is 4.79 Å². The van der Waals surface area contributed by atoms with E-state index in [0.717, 1.165) is 5.56 Å². The molecule has 5 rings (SSSR count). The molecule has 0 spiro atoms. The van der Waals surface area contributed by atoms with Crippen molar-refractivity contribution in [3.05, 3.63) is 63.8 Å². The summed E-state index contributed by atoms with van der Waals surface area (Å²) in [6, 6.07) is 6.84. The fourth-order valence-corrected chi connectivity index (χ4v) is 4.88. The number of carbonyl (C=O) groups is 3. The molecular weight excluding hydrogens is 398 g/mol. The Morgan fingerprint density at radius 1 is 1.06 bits per heavy atom. The Kier molecular flexibility index (Phi) is 4.02. The number of rotatable bonds is 2. The number of hydrogen-bond acceptors (Lipinski definition) is 7. The van der Waals surface area contributed by atoms with E-state index in [1.807, 2.05) is 13.8 Å². The zero-order chi connectivity index (χ0) is 22.2. The summed E-state index contributed by atoms with van der Waals surface area (Å²) in [6.07, 6.45) is -0.281. The highest BCUT2D eigenvalue weighted by Gasteiger charge is 2.54. The molecule has 31 heavy (non-hydrogen) atoms. The van der Waals surface area contributed by atoms with E-state index in [-0.39, 0.29) is 45.4 Å². The monoisotopic (exact) mass is 419 g/mol. The molecular formula is C24H21NO6. The molecule has 2 unspecified atom stereocenters. The van der Waals surface area contributed by atoms with Crippen molar-refractivity contribution >= 4 is 23.1 Å². The van der Waals surface area contributed by atoms with E-state index in [1.165, 1.54) is 24.3 Å². The minimum absolute atomic E-state index is 0.00759. The third kappa shape index (κ3) is 2.43. The van der Waals surface area contributed by atoms with E-state index in [4.69, 9.17) is 4.74 Å². The number of fused-ring (bicyclic) bond motifs is 6. The molecule has 1 saturated heterocycles. The van der Waals surface area contributed by atoms with Crippen LogP contribution in [-0.4, -0.2) is 38.7 Å². The molecule has 2 aromatic rings. The molecule has 0 saturated carbocycles. The zero-order valence-electron chi connectivity index (χ0n) is 17.3. The van der Waals surface area contributed by atoms with Crippen molar-refractivity contribution in [2.45, 2.75) is 39.5 Å². The number of ether oxygens (including phenoxy) is 1. The molecule has 7 heteroatoms. The molecule has 2 N–H and O–H groups in total.